The highest BCUT2D eigenvalue weighted by Gasteiger charge is 2.15. The fourth-order valence-corrected chi connectivity index (χ4v) is 2.68. The summed E-state index contributed by atoms with van der Waals surface area (Å²) < 4.78 is 22.1. The zero-order chi connectivity index (χ0) is 9.19. The number of unbranched alkanes of at least 4 members (excludes halogenated alkanes) is 1. The van der Waals surface area contributed by atoms with Crippen LogP contribution in [0.25, 0.3) is 0 Å². The molecule has 0 spiro atoms. The summed E-state index contributed by atoms with van der Waals surface area (Å²) in [6.45, 7) is 3.95. The van der Waals surface area contributed by atoms with Gasteiger partial charge in [-0.2, -0.15) is 0 Å². The summed E-state index contributed by atoms with van der Waals surface area (Å²) in [6, 6.07) is 0. The molecule has 1 heterocycles. The summed E-state index contributed by atoms with van der Waals surface area (Å²) >= 11 is 0. The summed E-state index contributed by atoms with van der Waals surface area (Å²) in [7, 11) is -3.00. The van der Waals surface area contributed by atoms with Crippen molar-refractivity contribution in [2.75, 3.05) is 0 Å². The highest BCUT2D eigenvalue weighted by Crippen LogP contribution is 2.25. The van der Waals surface area contributed by atoms with Crippen molar-refractivity contribution in [2.45, 2.75) is 33.1 Å². The molecule has 0 aromatic heterocycles. The molecule has 0 bridgehead atoms. The van der Waals surface area contributed by atoms with Crippen molar-refractivity contribution in [1.29, 1.82) is 0 Å². The molecule has 0 aliphatic carbocycles. The highest BCUT2D eigenvalue weighted by atomic mass is 32.2. The van der Waals surface area contributed by atoms with Crippen LogP contribution < -0.4 is 0 Å². The standard InChI is InChI=1S/C9H14O2S/c1-3-4-5-9-7-12(10,11)6-8(9)2/h6-7H,3-5H2,1-2H3. The summed E-state index contributed by atoms with van der Waals surface area (Å²) in [5.74, 6) is 0. The molecule has 0 fully saturated rings. The van der Waals surface area contributed by atoms with Gasteiger partial charge in [0.1, 0.15) is 0 Å². The second-order valence-electron chi connectivity index (χ2n) is 3.14. The van der Waals surface area contributed by atoms with Crippen molar-refractivity contribution < 1.29 is 8.42 Å². The van der Waals surface area contributed by atoms with Crippen LogP contribution in [0.3, 0.4) is 0 Å². The van der Waals surface area contributed by atoms with E-state index in [-0.39, 0.29) is 0 Å². The van der Waals surface area contributed by atoms with Crippen molar-refractivity contribution in [1.82, 2.24) is 0 Å². The van der Waals surface area contributed by atoms with Gasteiger partial charge in [0.15, 0.2) is 9.84 Å². The molecule has 1 aliphatic heterocycles. The van der Waals surface area contributed by atoms with Crippen molar-refractivity contribution in [3.63, 3.8) is 0 Å². The van der Waals surface area contributed by atoms with Crippen molar-refractivity contribution in [2.24, 2.45) is 0 Å². The third kappa shape index (κ3) is 2.21. The second-order valence-corrected chi connectivity index (χ2v) is 4.79. The van der Waals surface area contributed by atoms with Gasteiger partial charge in [0.05, 0.1) is 0 Å². The van der Waals surface area contributed by atoms with Crippen LogP contribution in [0.4, 0.5) is 0 Å². The lowest BCUT2D eigenvalue weighted by Crippen LogP contribution is -1.83. The predicted octanol–water partition coefficient (Wildman–Crippen LogP) is 2.39. The minimum atomic E-state index is -3.00. The fraction of sp³-hybridized carbons (Fsp3) is 0.556. The maximum Gasteiger partial charge on any atom is 0.193 e. The first kappa shape index (κ1) is 9.52. The Kier molecular flexibility index (Phi) is 2.73. The van der Waals surface area contributed by atoms with E-state index in [4.69, 9.17) is 0 Å². The summed E-state index contributed by atoms with van der Waals surface area (Å²) in [6.07, 6.45) is 3.05. The monoisotopic (exact) mass is 186 g/mol. The molecule has 2 nitrogen and oxygen atoms in total. The Morgan fingerprint density at radius 1 is 1.33 bits per heavy atom. The van der Waals surface area contributed by atoms with Gasteiger partial charge in [-0.25, -0.2) is 8.42 Å². The molecule has 0 aromatic carbocycles. The highest BCUT2D eigenvalue weighted by molar-refractivity contribution is 7.97. The molecule has 3 heteroatoms. The SMILES string of the molecule is CCCCC1=CS(=O)(=O)C=C1C. The van der Waals surface area contributed by atoms with E-state index in [2.05, 4.69) is 6.92 Å². The van der Waals surface area contributed by atoms with E-state index < -0.39 is 9.84 Å². The maximum atomic E-state index is 11.1. The van der Waals surface area contributed by atoms with Gasteiger partial charge in [-0.1, -0.05) is 13.3 Å². The van der Waals surface area contributed by atoms with Crippen LogP contribution in [0.1, 0.15) is 33.1 Å². The van der Waals surface area contributed by atoms with E-state index in [1.54, 1.807) is 0 Å². The van der Waals surface area contributed by atoms with Gasteiger partial charge >= 0.3 is 0 Å². The number of sulfone groups is 1. The molecule has 0 aromatic rings. The van der Waals surface area contributed by atoms with Crippen molar-refractivity contribution in [3.8, 4) is 0 Å². The third-order valence-electron chi connectivity index (χ3n) is 1.95. The number of hydrogen-bond donors (Lipinski definition) is 0. The number of hydrogen-bond acceptors (Lipinski definition) is 2. The van der Waals surface area contributed by atoms with E-state index in [0.29, 0.717) is 0 Å². The van der Waals surface area contributed by atoms with E-state index in [1.165, 1.54) is 10.8 Å². The van der Waals surface area contributed by atoms with E-state index in [9.17, 15) is 8.42 Å². The second kappa shape index (κ2) is 3.44. The molecule has 0 atom stereocenters. The van der Waals surface area contributed by atoms with Gasteiger partial charge in [0.2, 0.25) is 0 Å². The number of rotatable bonds is 3. The van der Waals surface area contributed by atoms with E-state index in [1.807, 2.05) is 6.92 Å². The van der Waals surface area contributed by atoms with Gasteiger partial charge in [0, 0.05) is 10.8 Å². The summed E-state index contributed by atoms with van der Waals surface area (Å²) in [5.41, 5.74) is 1.89. The van der Waals surface area contributed by atoms with Gasteiger partial charge in [-0.05, 0) is 30.9 Å². The van der Waals surface area contributed by atoms with Crippen LogP contribution in [0.15, 0.2) is 22.0 Å². The van der Waals surface area contributed by atoms with Crippen LogP contribution >= 0.6 is 0 Å². The first-order valence-corrected chi connectivity index (χ1v) is 5.80. The summed E-state index contributed by atoms with van der Waals surface area (Å²) in [4.78, 5) is 0. The van der Waals surface area contributed by atoms with Crippen LogP contribution in [0.5, 0.6) is 0 Å². The smallest absolute Gasteiger partial charge is 0.193 e. The van der Waals surface area contributed by atoms with Gasteiger partial charge in [-0.15, -0.1) is 0 Å². The topological polar surface area (TPSA) is 34.1 Å². The van der Waals surface area contributed by atoms with Gasteiger partial charge in [-0.3, -0.25) is 0 Å². The lowest BCUT2D eigenvalue weighted by molar-refractivity contribution is 0.613. The normalized spacial score (nSPS) is 20.5. The van der Waals surface area contributed by atoms with Crippen LogP contribution in [0.2, 0.25) is 0 Å². The fourth-order valence-electron chi connectivity index (χ4n) is 1.27. The third-order valence-corrected chi connectivity index (χ3v) is 3.25. The molecule has 12 heavy (non-hydrogen) atoms. The van der Waals surface area contributed by atoms with E-state index in [0.717, 1.165) is 30.4 Å². The average molecular weight is 186 g/mol. The van der Waals surface area contributed by atoms with E-state index >= 15 is 0 Å². The zero-order valence-electron chi connectivity index (χ0n) is 7.50. The van der Waals surface area contributed by atoms with Crippen molar-refractivity contribution >= 4 is 9.84 Å². The predicted molar refractivity (Wildman–Crippen MR) is 50.3 cm³/mol. The molecular formula is C9H14O2S. The Balaban J connectivity index is 2.75. The van der Waals surface area contributed by atoms with Crippen LogP contribution in [-0.4, -0.2) is 8.42 Å². The zero-order valence-corrected chi connectivity index (χ0v) is 8.32. The lowest BCUT2D eigenvalue weighted by Gasteiger charge is -1.99. The molecule has 0 N–H and O–H groups in total. The molecule has 0 unspecified atom stereocenters. The molecule has 0 saturated carbocycles. The minimum absolute atomic E-state index is 0.887. The molecule has 0 radical (unpaired) electrons. The van der Waals surface area contributed by atoms with Gasteiger partial charge < -0.3 is 0 Å². The minimum Gasteiger partial charge on any atom is -0.220 e. The van der Waals surface area contributed by atoms with Crippen molar-refractivity contribution in [3.05, 3.63) is 22.0 Å². The molecule has 68 valence electrons. The van der Waals surface area contributed by atoms with Crippen LogP contribution in [-0.2, 0) is 9.84 Å². The maximum absolute atomic E-state index is 11.1. The quantitative estimate of drug-likeness (QED) is 0.678. The average Bonchev–Trinajstić information content (AvgIpc) is 2.20. The molecule has 1 aliphatic rings. The molecule has 0 saturated heterocycles. The Hall–Kier alpha value is -0.570. The Bertz CT molecular complexity index is 320. The van der Waals surface area contributed by atoms with Gasteiger partial charge in [0.25, 0.3) is 0 Å². The van der Waals surface area contributed by atoms with Crippen LogP contribution in [0, 0.1) is 0 Å². The Morgan fingerprint density at radius 3 is 2.42 bits per heavy atom. The summed E-state index contributed by atoms with van der Waals surface area (Å²) in [5, 5.41) is 2.73. The Labute approximate surface area is 73.9 Å². The Morgan fingerprint density at radius 2 is 2.00 bits per heavy atom. The first-order valence-electron chi connectivity index (χ1n) is 4.19. The largest absolute Gasteiger partial charge is 0.220 e. The first-order chi connectivity index (χ1) is 5.55. The molecule has 1 rings (SSSR count). The lowest BCUT2D eigenvalue weighted by atomic mass is 10.1. The molecular weight excluding hydrogens is 172 g/mol. The molecule has 0 amide bonds. The number of allylic oxidation sites excluding steroid dienone is 2.